The third kappa shape index (κ3) is 3.62. The zero-order valence-electron chi connectivity index (χ0n) is 13.9. The minimum Gasteiger partial charge on any atom is -0.497 e. The third-order valence-electron chi connectivity index (χ3n) is 4.05. The van der Waals surface area contributed by atoms with Gasteiger partial charge in [-0.2, -0.15) is 0 Å². The molecule has 0 bridgehead atoms. The fourth-order valence-electron chi connectivity index (χ4n) is 2.58. The van der Waals surface area contributed by atoms with Crippen molar-refractivity contribution in [2.75, 3.05) is 19.4 Å². The number of amides is 1. The van der Waals surface area contributed by atoms with Crippen LogP contribution in [0.25, 0.3) is 10.1 Å². The number of hydrogen-bond acceptors (Lipinski definition) is 5. The lowest BCUT2D eigenvalue weighted by Gasteiger charge is -2.13. The largest absolute Gasteiger partial charge is 0.497 e. The summed E-state index contributed by atoms with van der Waals surface area (Å²) in [5.74, 6) is 0.835. The molecular weight excluding hydrogens is 402 g/mol. The molecule has 0 aliphatic rings. The summed E-state index contributed by atoms with van der Waals surface area (Å²) in [5.41, 5.74) is 7.79. The Balaban J connectivity index is 1.72. The number of nitrogens with zero attached hydrogens (tertiary/aromatic N) is 1. The summed E-state index contributed by atoms with van der Waals surface area (Å²) in [5, 5.41) is 3.81. The van der Waals surface area contributed by atoms with E-state index in [1.165, 1.54) is 11.3 Å². The molecule has 2 aromatic heterocycles. The van der Waals surface area contributed by atoms with Crippen LogP contribution in [0.4, 0.5) is 5.69 Å². The lowest BCUT2D eigenvalue weighted by Crippen LogP contribution is -2.27. The maximum Gasteiger partial charge on any atom is 0.263 e. The first-order valence-electron chi connectivity index (χ1n) is 7.75. The highest BCUT2D eigenvalue weighted by atomic mass is 79.9. The van der Waals surface area contributed by atoms with E-state index in [0.717, 1.165) is 25.9 Å². The number of nitrogen functional groups attached to an aromatic ring is 1. The summed E-state index contributed by atoms with van der Waals surface area (Å²) in [7, 11) is 1.64. The van der Waals surface area contributed by atoms with E-state index in [1.54, 1.807) is 19.5 Å². The van der Waals surface area contributed by atoms with Gasteiger partial charge in [0.05, 0.1) is 17.5 Å². The van der Waals surface area contributed by atoms with Crippen LogP contribution in [0.5, 0.6) is 5.75 Å². The number of ether oxygens (including phenoxy) is 1. The van der Waals surface area contributed by atoms with Crippen LogP contribution in [0.2, 0.25) is 0 Å². The number of pyridine rings is 1. The van der Waals surface area contributed by atoms with Gasteiger partial charge in [0.25, 0.3) is 5.91 Å². The van der Waals surface area contributed by atoms with E-state index in [2.05, 4.69) is 33.2 Å². The molecule has 3 rings (SSSR count). The van der Waals surface area contributed by atoms with E-state index in [9.17, 15) is 4.79 Å². The Kier molecular flexibility index (Phi) is 5.24. The Morgan fingerprint density at radius 1 is 1.36 bits per heavy atom. The Morgan fingerprint density at radius 3 is 2.72 bits per heavy atom. The maximum atomic E-state index is 12.5. The van der Waals surface area contributed by atoms with Gasteiger partial charge in [-0.15, -0.1) is 11.3 Å². The molecule has 0 radical (unpaired) electrons. The van der Waals surface area contributed by atoms with Gasteiger partial charge in [0, 0.05) is 28.8 Å². The fraction of sp³-hybridized carbons (Fsp3) is 0.222. The quantitative estimate of drug-likeness (QED) is 0.649. The Morgan fingerprint density at radius 2 is 2.08 bits per heavy atom. The smallest absolute Gasteiger partial charge is 0.263 e. The van der Waals surface area contributed by atoms with Crippen LogP contribution >= 0.6 is 27.3 Å². The lowest BCUT2D eigenvalue weighted by molar-refractivity contribution is 0.0956. The summed E-state index contributed by atoms with van der Waals surface area (Å²) in [6.45, 7) is 2.59. The van der Waals surface area contributed by atoms with Crippen molar-refractivity contribution in [1.29, 1.82) is 0 Å². The summed E-state index contributed by atoms with van der Waals surface area (Å²) >= 11 is 4.79. The van der Waals surface area contributed by atoms with Crippen molar-refractivity contribution >= 4 is 48.9 Å². The predicted molar refractivity (Wildman–Crippen MR) is 105 cm³/mol. The molecule has 0 fully saturated rings. The van der Waals surface area contributed by atoms with Crippen LogP contribution < -0.4 is 15.8 Å². The van der Waals surface area contributed by atoms with Crippen molar-refractivity contribution in [2.45, 2.75) is 12.8 Å². The van der Waals surface area contributed by atoms with Crippen molar-refractivity contribution in [3.63, 3.8) is 0 Å². The van der Waals surface area contributed by atoms with Crippen LogP contribution in [0, 0.1) is 0 Å². The monoisotopic (exact) mass is 419 g/mol. The molecule has 1 atom stereocenters. The van der Waals surface area contributed by atoms with E-state index in [0.29, 0.717) is 17.1 Å². The second-order valence-electron chi connectivity index (χ2n) is 5.72. The topological polar surface area (TPSA) is 77.2 Å². The molecule has 3 aromatic rings. The van der Waals surface area contributed by atoms with Gasteiger partial charge in [0.2, 0.25) is 0 Å². The van der Waals surface area contributed by atoms with Gasteiger partial charge in [0.15, 0.2) is 0 Å². The van der Waals surface area contributed by atoms with E-state index < -0.39 is 0 Å². The predicted octanol–water partition coefficient (Wildman–Crippen LogP) is 4.18. The standard InChI is InChI=1S/C18H18BrN3O2S/c1-10(11-3-5-12(24-2)6-4-11)7-22-18(23)17-16(20)15-13(19)8-21-9-14(15)25-17/h3-6,8-10H,7,20H2,1-2H3,(H,22,23). The summed E-state index contributed by atoms with van der Waals surface area (Å²) in [6, 6.07) is 7.85. The number of hydrogen-bond donors (Lipinski definition) is 2. The van der Waals surface area contributed by atoms with Crippen molar-refractivity contribution < 1.29 is 9.53 Å². The van der Waals surface area contributed by atoms with Crippen molar-refractivity contribution in [2.24, 2.45) is 0 Å². The maximum absolute atomic E-state index is 12.5. The van der Waals surface area contributed by atoms with E-state index >= 15 is 0 Å². The lowest BCUT2D eigenvalue weighted by atomic mass is 10.0. The zero-order valence-corrected chi connectivity index (χ0v) is 16.3. The number of fused-ring (bicyclic) bond motifs is 1. The first-order valence-corrected chi connectivity index (χ1v) is 9.35. The number of nitrogens with one attached hydrogen (secondary N) is 1. The first-order chi connectivity index (χ1) is 12.0. The van der Waals surface area contributed by atoms with Gasteiger partial charge in [-0.1, -0.05) is 19.1 Å². The van der Waals surface area contributed by atoms with Gasteiger partial charge in [-0.25, -0.2) is 0 Å². The van der Waals surface area contributed by atoms with Gasteiger partial charge in [-0.3, -0.25) is 9.78 Å². The second-order valence-corrected chi connectivity index (χ2v) is 7.63. The molecule has 0 saturated heterocycles. The molecule has 0 aliphatic carbocycles. The number of anilines is 1. The van der Waals surface area contributed by atoms with E-state index in [1.807, 2.05) is 24.3 Å². The molecule has 0 spiro atoms. The van der Waals surface area contributed by atoms with Crippen molar-refractivity contribution in [1.82, 2.24) is 10.3 Å². The minimum absolute atomic E-state index is 0.161. The molecule has 1 aromatic carbocycles. The molecule has 7 heteroatoms. The highest BCUT2D eigenvalue weighted by molar-refractivity contribution is 9.10. The van der Waals surface area contributed by atoms with Crippen LogP contribution in [0.15, 0.2) is 41.1 Å². The van der Waals surface area contributed by atoms with Gasteiger partial charge in [-0.05, 0) is 39.5 Å². The van der Waals surface area contributed by atoms with Crippen LogP contribution in [-0.2, 0) is 0 Å². The number of nitrogens with two attached hydrogens (primary N) is 1. The molecule has 25 heavy (non-hydrogen) atoms. The highest BCUT2D eigenvalue weighted by Gasteiger charge is 2.19. The van der Waals surface area contributed by atoms with Crippen molar-refractivity contribution in [3.05, 3.63) is 51.6 Å². The van der Waals surface area contributed by atoms with Crippen LogP contribution in [0.1, 0.15) is 28.1 Å². The van der Waals surface area contributed by atoms with Gasteiger partial charge < -0.3 is 15.8 Å². The van der Waals surface area contributed by atoms with Crippen LogP contribution in [0.3, 0.4) is 0 Å². The molecule has 0 aliphatic heterocycles. The zero-order chi connectivity index (χ0) is 18.0. The normalized spacial score (nSPS) is 12.1. The summed E-state index contributed by atoms with van der Waals surface area (Å²) in [6.07, 6.45) is 3.40. The number of carbonyl (C=O) groups is 1. The molecular formula is C18H18BrN3O2S. The molecule has 130 valence electrons. The minimum atomic E-state index is -0.161. The Labute approximate surface area is 158 Å². The number of thiophene rings is 1. The Bertz CT molecular complexity index is 909. The van der Waals surface area contributed by atoms with Gasteiger partial charge >= 0.3 is 0 Å². The molecule has 5 nitrogen and oxygen atoms in total. The summed E-state index contributed by atoms with van der Waals surface area (Å²) in [4.78, 5) is 17.2. The SMILES string of the molecule is COc1ccc(C(C)CNC(=O)c2sc3cncc(Br)c3c2N)cc1. The van der Waals surface area contributed by atoms with Crippen LogP contribution in [-0.4, -0.2) is 24.5 Å². The fourth-order valence-corrected chi connectivity index (χ4v) is 4.29. The molecule has 0 saturated carbocycles. The number of aromatic nitrogens is 1. The molecule has 1 unspecified atom stereocenters. The number of carbonyl (C=O) groups excluding carboxylic acids is 1. The second kappa shape index (κ2) is 7.41. The number of halogens is 1. The number of methoxy groups -OCH3 is 1. The molecule has 1 amide bonds. The molecule has 2 heterocycles. The number of rotatable bonds is 5. The molecule has 3 N–H and O–H groups in total. The Hall–Kier alpha value is -2.12. The first kappa shape index (κ1) is 17.7. The van der Waals surface area contributed by atoms with Gasteiger partial charge in [0.1, 0.15) is 10.6 Å². The van der Waals surface area contributed by atoms with E-state index in [-0.39, 0.29) is 11.8 Å². The van der Waals surface area contributed by atoms with E-state index in [4.69, 9.17) is 10.5 Å². The average Bonchev–Trinajstić information content (AvgIpc) is 2.97. The van der Waals surface area contributed by atoms with Crippen molar-refractivity contribution in [3.8, 4) is 5.75 Å². The highest BCUT2D eigenvalue weighted by Crippen LogP contribution is 2.37. The summed E-state index contributed by atoms with van der Waals surface area (Å²) < 4.78 is 6.85. The average molecular weight is 420 g/mol. The number of benzene rings is 1. The third-order valence-corrected chi connectivity index (χ3v) is 5.79.